The summed E-state index contributed by atoms with van der Waals surface area (Å²) in [5, 5.41) is 5.51. The van der Waals surface area contributed by atoms with Crippen molar-refractivity contribution in [2.75, 3.05) is 19.4 Å². The maximum atomic E-state index is 10.8. The molecule has 0 unspecified atom stereocenters. The van der Waals surface area contributed by atoms with E-state index in [2.05, 4.69) is 10.6 Å². The molecule has 1 aliphatic heterocycles. The lowest BCUT2D eigenvalue weighted by Gasteiger charge is -1.93. The third-order valence-electron chi connectivity index (χ3n) is 1.64. The summed E-state index contributed by atoms with van der Waals surface area (Å²) in [7, 11) is 3.75. The molecule has 1 aromatic rings. The number of para-hydroxylation sites is 1. The van der Waals surface area contributed by atoms with Gasteiger partial charge in [-0.25, -0.2) is 0 Å². The van der Waals surface area contributed by atoms with Crippen LogP contribution in [-0.2, 0) is 11.2 Å². The molecule has 2 N–H and O–H groups in total. The Morgan fingerprint density at radius 1 is 1.31 bits per heavy atom. The van der Waals surface area contributed by atoms with E-state index in [-0.39, 0.29) is 5.91 Å². The molecule has 70 valence electrons. The normalized spacial score (nSPS) is 12.6. The zero-order valence-electron chi connectivity index (χ0n) is 7.92. The second-order valence-electron chi connectivity index (χ2n) is 2.88. The summed E-state index contributed by atoms with van der Waals surface area (Å²) in [6.07, 6.45) is 0.538. The summed E-state index contributed by atoms with van der Waals surface area (Å²) in [5.74, 6) is 0.0983. The number of hydrogen-bond donors (Lipinski definition) is 2. The molecule has 1 amide bonds. The van der Waals surface area contributed by atoms with Gasteiger partial charge in [-0.15, -0.1) is 0 Å². The molecular weight excluding hydrogens is 164 g/mol. The lowest BCUT2D eigenvalue weighted by atomic mass is 10.2. The van der Waals surface area contributed by atoms with Crippen molar-refractivity contribution in [3.05, 3.63) is 29.8 Å². The van der Waals surface area contributed by atoms with Gasteiger partial charge in [0.15, 0.2) is 0 Å². The Morgan fingerprint density at radius 3 is 2.54 bits per heavy atom. The molecule has 3 heteroatoms. The van der Waals surface area contributed by atoms with Crippen LogP contribution < -0.4 is 10.6 Å². The van der Waals surface area contributed by atoms with Crippen molar-refractivity contribution in [2.45, 2.75) is 6.42 Å². The van der Waals surface area contributed by atoms with Gasteiger partial charge in [0.2, 0.25) is 5.91 Å². The average molecular weight is 178 g/mol. The molecule has 0 saturated carbocycles. The highest BCUT2D eigenvalue weighted by atomic mass is 16.1. The van der Waals surface area contributed by atoms with Crippen LogP contribution in [0.25, 0.3) is 0 Å². The fraction of sp³-hybridized carbons (Fsp3) is 0.300. The number of rotatable bonds is 0. The van der Waals surface area contributed by atoms with Gasteiger partial charge in [0.1, 0.15) is 0 Å². The van der Waals surface area contributed by atoms with Gasteiger partial charge in [-0.05, 0) is 25.7 Å². The van der Waals surface area contributed by atoms with E-state index in [4.69, 9.17) is 0 Å². The van der Waals surface area contributed by atoms with Crippen LogP contribution in [0.3, 0.4) is 0 Å². The minimum absolute atomic E-state index is 0.0983. The van der Waals surface area contributed by atoms with E-state index in [1.807, 2.05) is 38.4 Å². The van der Waals surface area contributed by atoms with Crippen molar-refractivity contribution >= 4 is 11.6 Å². The molecular formula is C10H14N2O. The third kappa shape index (κ3) is 2.56. The summed E-state index contributed by atoms with van der Waals surface area (Å²) >= 11 is 0. The Morgan fingerprint density at radius 2 is 1.92 bits per heavy atom. The molecule has 0 aliphatic carbocycles. The van der Waals surface area contributed by atoms with Crippen LogP contribution in [0, 0.1) is 0 Å². The van der Waals surface area contributed by atoms with Gasteiger partial charge in [0, 0.05) is 5.69 Å². The van der Waals surface area contributed by atoms with Crippen molar-refractivity contribution in [3.8, 4) is 0 Å². The molecule has 0 spiro atoms. The molecule has 1 aromatic carbocycles. The zero-order chi connectivity index (χ0) is 9.68. The van der Waals surface area contributed by atoms with Gasteiger partial charge in [0.25, 0.3) is 0 Å². The predicted octanol–water partition coefficient (Wildman–Crippen LogP) is 1.02. The molecule has 0 fully saturated rings. The maximum Gasteiger partial charge on any atom is 0.228 e. The number of carbonyl (C=O) groups is 1. The van der Waals surface area contributed by atoms with Crippen LogP contribution >= 0.6 is 0 Å². The Hall–Kier alpha value is -1.35. The number of hydrogen-bond acceptors (Lipinski definition) is 2. The van der Waals surface area contributed by atoms with Crippen LogP contribution in [0.15, 0.2) is 24.3 Å². The fourth-order valence-electron chi connectivity index (χ4n) is 1.16. The van der Waals surface area contributed by atoms with Gasteiger partial charge in [-0.2, -0.15) is 0 Å². The SMILES string of the molecule is CNC.O=C1Cc2ccccc2N1. The van der Waals surface area contributed by atoms with Crippen molar-refractivity contribution in [1.82, 2.24) is 5.32 Å². The standard InChI is InChI=1S/C8H7NO.C2H7N/c10-8-5-6-3-1-2-4-7(6)9-8;1-3-2/h1-4H,5H2,(H,9,10);3H,1-2H3. The summed E-state index contributed by atoms with van der Waals surface area (Å²) in [6.45, 7) is 0. The number of nitrogens with one attached hydrogen (secondary N) is 2. The Balaban J connectivity index is 0.000000251. The molecule has 0 saturated heterocycles. The van der Waals surface area contributed by atoms with Gasteiger partial charge in [-0.1, -0.05) is 18.2 Å². The van der Waals surface area contributed by atoms with E-state index in [1.165, 1.54) is 0 Å². The molecule has 0 atom stereocenters. The lowest BCUT2D eigenvalue weighted by molar-refractivity contribution is -0.115. The molecule has 13 heavy (non-hydrogen) atoms. The van der Waals surface area contributed by atoms with Crippen molar-refractivity contribution in [1.29, 1.82) is 0 Å². The smallest absolute Gasteiger partial charge is 0.228 e. The molecule has 1 aliphatic rings. The van der Waals surface area contributed by atoms with Crippen molar-refractivity contribution in [2.24, 2.45) is 0 Å². The number of anilines is 1. The molecule has 3 nitrogen and oxygen atoms in total. The monoisotopic (exact) mass is 178 g/mol. The highest BCUT2D eigenvalue weighted by Crippen LogP contribution is 2.20. The molecule has 2 rings (SSSR count). The number of amides is 1. The first-order chi connectivity index (χ1) is 6.27. The Bertz CT molecular complexity index is 270. The first-order valence-electron chi connectivity index (χ1n) is 4.24. The minimum atomic E-state index is 0.0983. The Labute approximate surface area is 78.2 Å². The third-order valence-corrected chi connectivity index (χ3v) is 1.64. The topological polar surface area (TPSA) is 41.1 Å². The predicted molar refractivity (Wildman–Crippen MR) is 53.8 cm³/mol. The van der Waals surface area contributed by atoms with Crippen LogP contribution in [0.4, 0.5) is 5.69 Å². The van der Waals surface area contributed by atoms with Crippen LogP contribution in [0.2, 0.25) is 0 Å². The maximum absolute atomic E-state index is 10.8. The highest BCUT2D eigenvalue weighted by molar-refractivity contribution is 5.98. The van der Waals surface area contributed by atoms with E-state index < -0.39 is 0 Å². The van der Waals surface area contributed by atoms with E-state index >= 15 is 0 Å². The fourth-order valence-corrected chi connectivity index (χ4v) is 1.16. The summed E-state index contributed by atoms with van der Waals surface area (Å²) in [5.41, 5.74) is 2.07. The first kappa shape index (κ1) is 9.74. The minimum Gasteiger partial charge on any atom is -0.326 e. The van der Waals surface area contributed by atoms with Gasteiger partial charge >= 0.3 is 0 Å². The van der Waals surface area contributed by atoms with Crippen molar-refractivity contribution < 1.29 is 4.79 Å². The first-order valence-corrected chi connectivity index (χ1v) is 4.24. The summed E-state index contributed by atoms with van der Waals surface area (Å²) in [4.78, 5) is 10.8. The molecule has 1 heterocycles. The average Bonchev–Trinajstić information content (AvgIpc) is 2.45. The second-order valence-corrected chi connectivity index (χ2v) is 2.88. The van der Waals surface area contributed by atoms with Crippen LogP contribution in [-0.4, -0.2) is 20.0 Å². The van der Waals surface area contributed by atoms with Crippen molar-refractivity contribution in [3.63, 3.8) is 0 Å². The second kappa shape index (κ2) is 4.62. The lowest BCUT2D eigenvalue weighted by Crippen LogP contribution is -2.03. The van der Waals surface area contributed by atoms with E-state index in [9.17, 15) is 4.79 Å². The van der Waals surface area contributed by atoms with E-state index in [0.717, 1.165) is 11.3 Å². The van der Waals surface area contributed by atoms with Gasteiger partial charge in [-0.3, -0.25) is 4.79 Å². The highest BCUT2D eigenvalue weighted by Gasteiger charge is 2.15. The number of carbonyl (C=O) groups excluding carboxylic acids is 1. The largest absolute Gasteiger partial charge is 0.326 e. The Kier molecular flexibility index (Phi) is 3.46. The van der Waals surface area contributed by atoms with Gasteiger partial charge in [0.05, 0.1) is 6.42 Å². The van der Waals surface area contributed by atoms with Crippen LogP contribution in [0.5, 0.6) is 0 Å². The van der Waals surface area contributed by atoms with Gasteiger partial charge < -0.3 is 10.6 Å². The summed E-state index contributed by atoms with van der Waals surface area (Å²) in [6, 6.07) is 7.75. The van der Waals surface area contributed by atoms with E-state index in [0.29, 0.717) is 6.42 Å². The number of benzene rings is 1. The van der Waals surface area contributed by atoms with E-state index in [1.54, 1.807) is 0 Å². The quantitative estimate of drug-likeness (QED) is 0.622. The molecule has 0 bridgehead atoms. The summed E-state index contributed by atoms with van der Waals surface area (Å²) < 4.78 is 0. The molecule has 0 radical (unpaired) electrons. The molecule has 0 aromatic heterocycles. The van der Waals surface area contributed by atoms with Crippen LogP contribution in [0.1, 0.15) is 5.56 Å². The zero-order valence-corrected chi connectivity index (χ0v) is 7.92. The number of fused-ring (bicyclic) bond motifs is 1.